The predicted molar refractivity (Wildman–Crippen MR) is 53.2 cm³/mol. The maximum Gasteiger partial charge on any atom is 0.434 e. The molecule has 2 rings (SSSR count). The van der Waals surface area contributed by atoms with E-state index in [4.69, 9.17) is 5.11 Å². The molecule has 0 fully saturated rings. The molecule has 5 nitrogen and oxygen atoms in total. The van der Waals surface area contributed by atoms with Gasteiger partial charge in [0, 0.05) is 5.39 Å². The van der Waals surface area contributed by atoms with Gasteiger partial charge in [-0.2, -0.15) is 13.2 Å². The van der Waals surface area contributed by atoms with Crippen LogP contribution < -0.4 is 0 Å². The van der Waals surface area contributed by atoms with Gasteiger partial charge in [0.15, 0.2) is 5.69 Å². The molecule has 0 aliphatic carbocycles. The minimum Gasteiger partial charge on any atom is -0.506 e. The zero-order chi connectivity index (χ0) is 13.5. The van der Waals surface area contributed by atoms with Crippen molar-refractivity contribution in [2.75, 3.05) is 0 Å². The van der Waals surface area contributed by atoms with Crippen molar-refractivity contribution in [3.05, 3.63) is 29.7 Å². The van der Waals surface area contributed by atoms with Crippen molar-refractivity contribution in [3.63, 3.8) is 0 Å². The maximum absolute atomic E-state index is 12.7. The maximum atomic E-state index is 12.7. The van der Waals surface area contributed by atoms with E-state index in [0.717, 1.165) is 12.1 Å². The highest BCUT2D eigenvalue weighted by atomic mass is 19.4. The number of para-hydroxylation sites is 1. The molecule has 0 radical (unpaired) electrons. The van der Waals surface area contributed by atoms with Gasteiger partial charge in [-0.05, 0) is 6.07 Å². The zero-order valence-electron chi connectivity index (χ0n) is 8.56. The Morgan fingerprint density at radius 2 is 1.89 bits per heavy atom. The molecule has 94 valence electrons. The largest absolute Gasteiger partial charge is 0.506 e. The lowest BCUT2D eigenvalue weighted by Gasteiger charge is -2.10. The lowest BCUT2D eigenvalue weighted by molar-refractivity contribution is -0.139. The normalized spacial score (nSPS) is 11.7. The van der Waals surface area contributed by atoms with E-state index in [0.29, 0.717) is 0 Å². The molecule has 0 bridgehead atoms. The fourth-order valence-electron chi connectivity index (χ4n) is 1.45. The van der Waals surface area contributed by atoms with Gasteiger partial charge in [0.05, 0.1) is 0 Å². The Hall–Kier alpha value is -2.38. The summed E-state index contributed by atoms with van der Waals surface area (Å²) in [7, 11) is 0. The van der Waals surface area contributed by atoms with Crippen molar-refractivity contribution in [1.82, 2.24) is 9.97 Å². The number of aromatic hydroxyl groups is 1. The first-order valence-electron chi connectivity index (χ1n) is 4.61. The van der Waals surface area contributed by atoms with Crippen LogP contribution in [0.3, 0.4) is 0 Å². The van der Waals surface area contributed by atoms with Crippen LogP contribution in [0.25, 0.3) is 10.9 Å². The van der Waals surface area contributed by atoms with Gasteiger partial charge in [0.1, 0.15) is 11.3 Å². The van der Waals surface area contributed by atoms with Gasteiger partial charge in [-0.3, -0.25) is 0 Å². The van der Waals surface area contributed by atoms with Crippen LogP contribution in [0.2, 0.25) is 0 Å². The summed E-state index contributed by atoms with van der Waals surface area (Å²) in [6, 6.07) is 3.36. The number of carboxylic acids is 1. The Kier molecular flexibility index (Phi) is 2.57. The number of aromatic carboxylic acids is 1. The van der Waals surface area contributed by atoms with Crippen molar-refractivity contribution in [3.8, 4) is 5.75 Å². The molecule has 0 saturated carbocycles. The number of halogens is 3. The molecule has 0 atom stereocenters. The predicted octanol–water partition coefficient (Wildman–Crippen LogP) is 2.05. The Bertz CT molecular complexity index is 640. The summed E-state index contributed by atoms with van der Waals surface area (Å²) in [5.41, 5.74) is -1.84. The van der Waals surface area contributed by atoms with Crippen LogP contribution in [0.5, 0.6) is 5.75 Å². The molecular formula is C10H5F3N2O3. The van der Waals surface area contributed by atoms with Gasteiger partial charge in [-0.1, -0.05) is 12.1 Å². The SMILES string of the molecule is O=C(O)c1nc(C(F)(F)F)c2cccc(O)c2n1. The van der Waals surface area contributed by atoms with Gasteiger partial charge in [0.25, 0.3) is 0 Å². The van der Waals surface area contributed by atoms with Crippen molar-refractivity contribution < 1.29 is 28.2 Å². The van der Waals surface area contributed by atoms with Crippen LogP contribution in [0.4, 0.5) is 13.2 Å². The summed E-state index contributed by atoms with van der Waals surface area (Å²) in [4.78, 5) is 17.0. The Balaban J connectivity index is 2.91. The Labute approximate surface area is 97.5 Å². The molecule has 1 heterocycles. The highest BCUT2D eigenvalue weighted by Crippen LogP contribution is 2.35. The Morgan fingerprint density at radius 3 is 2.44 bits per heavy atom. The monoisotopic (exact) mass is 258 g/mol. The minimum absolute atomic E-state index is 0.447. The molecule has 0 aliphatic heterocycles. The van der Waals surface area contributed by atoms with Gasteiger partial charge < -0.3 is 10.2 Å². The second-order valence-corrected chi connectivity index (χ2v) is 3.37. The molecule has 18 heavy (non-hydrogen) atoms. The summed E-state index contributed by atoms with van der Waals surface area (Å²) >= 11 is 0. The average Bonchev–Trinajstić information content (AvgIpc) is 2.27. The van der Waals surface area contributed by atoms with Crippen molar-refractivity contribution >= 4 is 16.9 Å². The molecule has 0 amide bonds. The number of phenols is 1. The van der Waals surface area contributed by atoms with E-state index < -0.39 is 40.3 Å². The number of benzene rings is 1. The first kappa shape index (κ1) is 12.1. The summed E-state index contributed by atoms with van der Waals surface area (Å²) in [6.45, 7) is 0. The van der Waals surface area contributed by atoms with E-state index in [2.05, 4.69) is 9.97 Å². The fourth-order valence-corrected chi connectivity index (χ4v) is 1.45. The summed E-state index contributed by atoms with van der Waals surface area (Å²) in [5.74, 6) is -3.26. The van der Waals surface area contributed by atoms with Gasteiger partial charge in [-0.15, -0.1) is 0 Å². The number of alkyl halides is 3. The topological polar surface area (TPSA) is 83.3 Å². The second-order valence-electron chi connectivity index (χ2n) is 3.37. The number of hydrogen-bond donors (Lipinski definition) is 2. The van der Waals surface area contributed by atoms with E-state index in [1.807, 2.05) is 0 Å². The molecule has 1 aromatic heterocycles. The van der Waals surface area contributed by atoms with E-state index in [-0.39, 0.29) is 0 Å². The lowest BCUT2D eigenvalue weighted by Crippen LogP contribution is -2.14. The van der Waals surface area contributed by atoms with Crippen LogP contribution >= 0.6 is 0 Å². The number of nitrogens with zero attached hydrogens (tertiary/aromatic N) is 2. The van der Waals surface area contributed by atoms with Crippen LogP contribution in [0.15, 0.2) is 18.2 Å². The average molecular weight is 258 g/mol. The van der Waals surface area contributed by atoms with E-state index in [1.54, 1.807) is 0 Å². The van der Waals surface area contributed by atoms with E-state index in [1.165, 1.54) is 6.07 Å². The van der Waals surface area contributed by atoms with Gasteiger partial charge in [-0.25, -0.2) is 14.8 Å². The molecule has 0 unspecified atom stereocenters. The molecule has 8 heteroatoms. The molecule has 0 saturated heterocycles. The number of fused-ring (bicyclic) bond motifs is 1. The Morgan fingerprint density at radius 1 is 1.22 bits per heavy atom. The second kappa shape index (κ2) is 3.83. The lowest BCUT2D eigenvalue weighted by atomic mass is 10.1. The van der Waals surface area contributed by atoms with Crippen LogP contribution in [-0.2, 0) is 6.18 Å². The minimum atomic E-state index is -4.83. The van der Waals surface area contributed by atoms with Gasteiger partial charge in [0.2, 0.25) is 5.82 Å². The zero-order valence-corrected chi connectivity index (χ0v) is 8.56. The first-order chi connectivity index (χ1) is 8.30. The quantitative estimate of drug-likeness (QED) is 0.817. The van der Waals surface area contributed by atoms with Crippen molar-refractivity contribution in [2.45, 2.75) is 6.18 Å². The van der Waals surface area contributed by atoms with E-state index in [9.17, 15) is 23.1 Å². The van der Waals surface area contributed by atoms with Crippen LogP contribution in [0, 0.1) is 0 Å². The van der Waals surface area contributed by atoms with Gasteiger partial charge >= 0.3 is 12.1 Å². The highest BCUT2D eigenvalue weighted by Gasteiger charge is 2.36. The van der Waals surface area contributed by atoms with E-state index >= 15 is 0 Å². The van der Waals surface area contributed by atoms with Crippen LogP contribution in [-0.4, -0.2) is 26.2 Å². The molecule has 0 spiro atoms. The number of hydrogen-bond acceptors (Lipinski definition) is 4. The first-order valence-corrected chi connectivity index (χ1v) is 4.61. The third kappa shape index (κ3) is 1.92. The summed E-state index contributed by atoms with van der Waals surface area (Å²) in [5, 5.41) is 17.6. The number of carboxylic acid groups (broad SMARTS) is 1. The summed E-state index contributed by atoms with van der Waals surface area (Å²) < 4.78 is 38.2. The molecule has 0 aliphatic rings. The van der Waals surface area contributed by atoms with Crippen molar-refractivity contribution in [1.29, 1.82) is 0 Å². The fraction of sp³-hybridized carbons (Fsp3) is 0.100. The smallest absolute Gasteiger partial charge is 0.434 e. The standard InChI is InChI=1S/C10H5F3N2O3/c11-10(12,13)7-4-2-1-3-5(16)6(4)14-8(15-7)9(17)18/h1-3,16H,(H,17,18). The number of carbonyl (C=O) groups is 1. The molecule has 2 N–H and O–H groups in total. The number of phenolic OH excluding ortho intramolecular Hbond substituents is 1. The molecule has 2 aromatic rings. The number of rotatable bonds is 1. The highest BCUT2D eigenvalue weighted by molar-refractivity contribution is 5.91. The molecule has 1 aromatic carbocycles. The molecular weight excluding hydrogens is 253 g/mol. The third-order valence-corrected chi connectivity index (χ3v) is 2.17. The number of aromatic nitrogens is 2. The van der Waals surface area contributed by atoms with Crippen molar-refractivity contribution in [2.24, 2.45) is 0 Å². The van der Waals surface area contributed by atoms with Crippen LogP contribution in [0.1, 0.15) is 16.3 Å². The summed E-state index contributed by atoms with van der Waals surface area (Å²) in [6.07, 6.45) is -4.83. The third-order valence-electron chi connectivity index (χ3n) is 2.17.